The van der Waals surface area contributed by atoms with Crippen LogP contribution in [0.25, 0.3) is 0 Å². The summed E-state index contributed by atoms with van der Waals surface area (Å²) in [7, 11) is 0. The Morgan fingerprint density at radius 3 is 0.976 bits per heavy atom. The zero-order valence-electron chi connectivity index (χ0n) is 21.9. The van der Waals surface area contributed by atoms with Crippen molar-refractivity contribution >= 4 is 35.0 Å². The summed E-state index contributed by atoms with van der Waals surface area (Å²) in [5.41, 5.74) is -0.162. The van der Waals surface area contributed by atoms with E-state index in [1.165, 1.54) is 9.80 Å². The number of imide groups is 2. The maximum Gasteiger partial charge on any atom is 0.240 e. The average Bonchev–Trinajstić information content (AvgIpc) is 3.69. The fourth-order valence-corrected chi connectivity index (χ4v) is 8.17. The van der Waals surface area contributed by atoms with Gasteiger partial charge in [-0.05, 0) is 35.4 Å². The highest BCUT2D eigenvalue weighted by Gasteiger charge is 2.85. The second-order valence-electron chi connectivity index (χ2n) is 11.2. The maximum absolute atomic E-state index is 14.5. The summed E-state index contributed by atoms with van der Waals surface area (Å²) < 4.78 is 0. The number of nitrogens with zero attached hydrogens (tertiary/aromatic N) is 2. The molecule has 4 aromatic carbocycles. The first-order valence-electron chi connectivity index (χ1n) is 13.8. The van der Waals surface area contributed by atoms with E-state index in [9.17, 15) is 19.2 Å². The van der Waals surface area contributed by atoms with Gasteiger partial charge in [0.1, 0.15) is 0 Å². The summed E-state index contributed by atoms with van der Waals surface area (Å²) in [6, 6.07) is 36.5. The van der Waals surface area contributed by atoms with Crippen LogP contribution in [0.5, 0.6) is 0 Å². The summed E-state index contributed by atoms with van der Waals surface area (Å²) in [5, 5.41) is 3.72. The third-order valence-corrected chi connectivity index (χ3v) is 9.52. The lowest BCUT2D eigenvalue weighted by molar-refractivity contribution is -0.133. The van der Waals surface area contributed by atoms with E-state index >= 15 is 0 Å². The van der Waals surface area contributed by atoms with Crippen LogP contribution in [0.4, 0.5) is 11.4 Å². The van der Waals surface area contributed by atoms with Crippen molar-refractivity contribution in [1.29, 1.82) is 0 Å². The number of hydrogen-bond donors (Lipinski definition) is 1. The van der Waals surface area contributed by atoms with Gasteiger partial charge in [0, 0.05) is 0 Å². The predicted molar refractivity (Wildman–Crippen MR) is 151 cm³/mol. The Bertz CT molecular complexity index is 1550. The largest absolute Gasteiger partial charge is 0.295 e. The first kappa shape index (κ1) is 24.0. The SMILES string of the molecule is O=C1[C@H]2[C@H](C(=O)N1c1ccccc1)C1(c3ccccc3)NC2(c2ccccc2)[C@H]2C(=O)N(c3ccccc3)C(=O)[C@@H]21. The van der Waals surface area contributed by atoms with E-state index in [1.807, 2.05) is 72.8 Å². The maximum atomic E-state index is 14.5. The highest BCUT2D eigenvalue weighted by atomic mass is 16.2. The molecule has 4 aliphatic rings. The molecule has 4 saturated heterocycles. The van der Waals surface area contributed by atoms with Crippen molar-refractivity contribution < 1.29 is 19.2 Å². The van der Waals surface area contributed by atoms with E-state index in [-0.39, 0.29) is 23.6 Å². The molecule has 8 rings (SSSR count). The topological polar surface area (TPSA) is 86.8 Å². The van der Waals surface area contributed by atoms with E-state index in [4.69, 9.17) is 0 Å². The number of benzene rings is 4. The molecule has 7 nitrogen and oxygen atoms in total. The van der Waals surface area contributed by atoms with Gasteiger partial charge in [0.2, 0.25) is 23.6 Å². The van der Waals surface area contributed by atoms with Gasteiger partial charge >= 0.3 is 0 Å². The van der Waals surface area contributed by atoms with Gasteiger partial charge in [-0.25, -0.2) is 9.80 Å². The van der Waals surface area contributed by atoms with Gasteiger partial charge in [0.25, 0.3) is 0 Å². The van der Waals surface area contributed by atoms with Gasteiger partial charge < -0.3 is 0 Å². The first-order chi connectivity index (χ1) is 20.0. The van der Waals surface area contributed by atoms with E-state index in [1.54, 1.807) is 48.5 Å². The van der Waals surface area contributed by atoms with Crippen molar-refractivity contribution in [1.82, 2.24) is 5.32 Å². The Morgan fingerprint density at radius 2 is 0.683 bits per heavy atom. The van der Waals surface area contributed by atoms with Crippen molar-refractivity contribution in [2.75, 3.05) is 9.80 Å². The lowest BCUT2D eigenvalue weighted by atomic mass is 9.55. The monoisotopic (exact) mass is 539 g/mol. The molecule has 1 N–H and O–H groups in total. The van der Waals surface area contributed by atoms with Gasteiger partial charge in [-0.2, -0.15) is 0 Å². The molecule has 7 heteroatoms. The second-order valence-corrected chi connectivity index (χ2v) is 11.2. The Morgan fingerprint density at radius 1 is 0.415 bits per heavy atom. The summed E-state index contributed by atoms with van der Waals surface area (Å²) in [6.45, 7) is 0. The van der Waals surface area contributed by atoms with Crippen molar-refractivity contribution in [3.05, 3.63) is 132 Å². The number of amides is 4. The molecule has 200 valence electrons. The van der Waals surface area contributed by atoms with Gasteiger partial charge in [-0.3, -0.25) is 24.5 Å². The lowest BCUT2D eigenvalue weighted by Crippen LogP contribution is -2.53. The quantitative estimate of drug-likeness (QED) is 0.396. The smallest absolute Gasteiger partial charge is 0.240 e. The average molecular weight is 540 g/mol. The van der Waals surface area contributed by atoms with Crippen LogP contribution in [-0.4, -0.2) is 23.6 Å². The fraction of sp³-hybridized carbons (Fsp3) is 0.176. The molecule has 0 spiro atoms. The standard InChI is InChI=1S/C34H25N3O4/c38-29-25-27(31(40)36(29)23-17-9-3-10-18-23)34(22-15-7-2-8-16-22)28-26(33(25,35-34)21-13-5-1-6-14-21)30(39)37(32(28)41)24-19-11-4-12-20-24/h1-20,25-28,35H/t25-,26-,27-,28-,33?,34?/m1/s1. The molecule has 4 aliphatic heterocycles. The number of para-hydroxylation sites is 2. The van der Waals surface area contributed by atoms with Crippen LogP contribution >= 0.6 is 0 Å². The highest BCUT2D eigenvalue weighted by Crippen LogP contribution is 2.71. The Kier molecular flexibility index (Phi) is 4.86. The first-order valence-corrected chi connectivity index (χ1v) is 13.8. The lowest BCUT2D eigenvalue weighted by Gasteiger charge is -2.40. The molecule has 4 amide bonds. The number of rotatable bonds is 4. The summed E-state index contributed by atoms with van der Waals surface area (Å²) in [4.78, 5) is 60.6. The van der Waals surface area contributed by atoms with E-state index in [2.05, 4.69) is 5.32 Å². The number of carbonyl (C=O) groups is 4. The Labute approximate surface area is 236 Å². The number of hydrogen-bond acceptors (Lipinski definition) is 5. The van der Waals surface area contributed by atoms with E-state index < -0.39 is 34.7 Å². The molecule has 4 fully saturated rings. The molecule has 0 aromatic heterocycles. The van der Waals surface area contributed by atoms with Crippen LogP contribution in [-0.2, 0) is 30.3 Å². The van der Waals surface area contributed by atoms with Crippen molar-refractivity contribution in [3.63, 3.8) is 0 Å². The minimum atomic E-state index is -1.28. The number of fused-ring (bicyclic) bond motifs is 8. The second kappa shape index (κ2) is 8.32. The Hall–Kier alpha value is -4.88. The van der Waals surface area contributed by atoms with Crippen LogP contribution in [0, 0.1) is 23.7 Å². The Balaban J connectivity index is 1.43. The fourth-order valence-electron chi connectivity index (χ4n) is 8.17. The van der Waals surface area contributed by atoms with Crippen LogP contribution < -0.4 is 15.1 Å². The molecular formula is C34H25N3O4. The zero-order valence-corrected chi connectivity index (χ0v) is 21.9. The van der Waals surface area contributed by atoms with Crippen molar-refractivity contribution in [2.24, 2.45) is 23.7 Å². The molecule has 0 radical (unpaired) electrons. The molecule has 4 aromatic rings. The van der Waals surface area contributed by atoms with E-state index in [0.29, 0.717) is 22.5 Å². The summed E-state index contributed by atoms with van der Waals surface area (Å²) in [5.74, 6) is -5.04. The number of anilines is 2. The zero-order chi connectivity index (χ0) is 27.9. The molecule has 2 bridgehead atoms. The third-order valence-electron chi connectivity index (χ3n) is 9.52. The number of carbonyl (C=O) groups excluding carboxylic acids is 4. The highest BCUT2D eigenvalue weighted by molar-refractivity contribution is 6.28. The minimum absolute atomic E-state index is 0.364. The minimum Gasteiger partial charge on any atom is -0.295 e. The molecular weight excluding hydrogens is 514 g/mol. The van der Waals surface area contributed by atoms with Gasteiger partial charge in [-0.1, -0.05) is 97.1 Å². The molecule has 0 unspecified atom stereocenters. The van der Waals surface area contributed by atoms with Crippen LogP contribution in [0.1, 0.15) is 11.1 Å². The van der Waals surface area contributed by atoms with Gasteiger partial charge in [0.05, 0.1) is 46.1 Å². The van der Waals surface area contributed by atoms with Gasteiger partial charge in [-0.15, -0.1) is 0 Å². The number of nitrogens with one attached hydrogen (secondary N) is 1. The normalized spacial score (nSPS) is 31.6. The third kappa shape index (κ3) is 2.81. The molecule has 0 saturated carbocycles. The summed E-state index contributed by atoms with van der Waals surface area (Å²) in [6.07, 6.45) is 0. The van der Waals surface area contributed by atoms with Crippen molar-refractivity contribution in [3.8, 4) is 0 Å². The van der Waals surface area contributed by atoms with Crippen LogP contribution in [0.15, 0.2) is 121 Å². The molecule has 4 heterocycles. The van der Waals surface area contributed by atoms with E-state index in [0.717, 1.165) is 0 Å². The van der Waals surface area contributed by atoms with Crippen molar-refractivity contribution in [2.45, 2.75) is 11.1 Å². The van der Waals surface area contributed by atoms with Crippen LogP contribution in [0.2, 0.25) is 0 Å². The summed E-state index contributed by atoms with van der Waals surface area (Å²) >= 11 is 0. The molecule has 4 atom stereocenters. The van der Waals surface area contributed by atoms with Gasteiger partial charge in [0.15, 0.2) is 0 Å². The molecule has 41 heavy (non-hydrogen) atoms. The van der Waals surface area contributed by atoms with Crippen LogP contribution in [0.3, 0.4) is 0 Å². The molecule has 0 aliphatic carbocycles. The predicted octanol–water partition coefficient (Wildman–Crippen LogP) is 4.01.